The second-order valence-corrected chi connectivity index (χ2v) is 4.58. The SMILES string of the molecule is C#CC[C@H](C)N1C(=O)CN(CC(C)C)C1=O. The van der Waals surface area contributed by atoms with Crippen molar-refractivity contribution in [2.45, 2.75) is 33.2 Å². The predicted molar refractivity (Wildman–Crippen MR) is 61.6 cm³/mol. The van der Waals surface area contributed by atoms with Gasteiger partial charge < -0.3 is 4.90 Å². The molecule has 1 aliphatic heterocycles. The number of carbonyl (C=O) groups excluding carboxylic acids is 2. The minimum atomic E-state index is -0.207. The molecule has 0 N–H and O–H groups in total. The first-order valence-corrected chi connectivity index (χ1v) is 5.51. The highest BCUT2D eigenvalue weighted by atomic mass is 16.2. The molecule has 1 atom stereocenters. The molecule has 0 aromatic carbocycles. The molecule has 4 nitrogen and oxygen atoms in total. The van der Waals surface area contributed by atoms with E-state index in [0.717, 1.165) is 0 Å². The van der Waals surface area contributed by atoms with E-state index in [4.69, 9.17) is 6.42 Å². The number of imide groups is 1. The minimum Gasteiger partial charge on any atom is -0.315 e. The van der Waals surface area contributed by atoms with E-state index in [1.165, 1.54) is 4.90 Å². The molecule has 3 amide bonds. The normalized spacial score (nSPS) is 18.2. The van der Waals surface area contributed by atoms with E-state index < -0.39 is 0 Å². The van der Waals surface area contributed by atoms with Crippen molar-refractivity contribution in [3.63, 3.8) is 0 Å². The smallest absolute Gasteiger partial charge is 0.315 e. The van der Waals surface area contributed by atoms with Crippen LogP contribution in [0, 0.1) is 18.3 Å². The zero-order valence-corrected chi connectivity index (χ0v) is 10.1. The van der Waals surface area contributed by atoms with Crippen LogP contribution < -0.4 is 0 Å². The highest BCUT2D eigenvalue weighted by Crippen LogP contribution is 2.16. The van der Waals surface area contributed by atoms with E-state index in [0.29, 0.717) is 18.9 Å². The van der Waals surface area contributed by atoms with Crippen LogP contribution in [0.25, 0.3) is 0 Å². The summed E-state index contributed by atoms with van der Waals surface area (Å²) in [6.07, 6.45) is 5.60. The summed E-state index contributed by atoms with van der Waals surface area (Å²) in [6.45, 7) is 6.64. The number of rotatable bonds is 4. The van der Waals surface area contributed by atoms with Gasteiger partial charge in [0.1, 0.15) is 6.54 Å². The van der Waals surface area contributed by atoms with Crippen LogP contribution in [-0.4, -0.2) is 40.9 Å². The van der Waals surface area contributed by atoms with Gasteiger partial charge in [-0.05, 0) is 12.8 Å². The molecule has 0 bridgehead atoms. The molecule has 1 rings (SSSR count). The van der Waals surface area contributed by atoms with Crippen molar-refractivity contribution < 1.29 is 9.59 Å². The first-order valence-electron chi connectivity index (χ1n) is 5.51. The first-order chi connectivity index (χ1) is 7.47. The third-order valence-electron chi connectivity index (χ3n) is 2.51. The van der Waals surface area contributed by atoms with Crippen molar-refractivity contribution in [2.75, 3.05) is 13.1 Å². The van der Waals surface area contributed by atoms with E-state index in [1.807, 2.05) is 13.8 Å². The molecule has 88 valence electrons. The van der Waals surface area contributed by atoms with Gasteiger partial charge in [0.05, 0.1) is 0 Å². The molecule has 0 aliphatic carbocycles. The number of urea groups is 1. The Balaban J connectivity index is 2.71. The van der Waals surface area contributed by atoms with Gasteiger partial charge in [-0.3, -0.25) is 9.69 Å². The number of terminal acetylenes is 1. The van der Waals surface area contributed by atoms with Crippen LogP contribution in [0.2, 0.25) is 0 Å². The van der Waals surface area contributed by atoms with Gasteiger partial charge in [0.15, 0.2) is 0 Å². The summed E-state index contributed by atoms with van der Waals surface area (Å²) in [7, 11) is 0. The Bertz CT molecular complexity index is 330. The summed E-state index contributed by atoms with van der Waals surface area (Å²) in [5.41, 5.74) is 0. The van der Waals surface area contributed by atoms with E-state index in [1.54, 1.807) is 11.8 Å². The molecular formula is C12H18N2O2. The first kappa shape index (κ1) is 12.6. The van der Waals surface area contributed by atoms with Gasteiger partial charge in [-0.25, -0.2) is 4.79 Å². The highest BCUT2D eigenvalue weighted by molar-refractivity contribution is 6.02. The van der Waals surface area contributed by atoms with E-state index in [9.17, 15) is 9.59 Å². The van der Waals surface area contributed by atoms with E-state index in [2.05, 4.69) is 5.92 Å². The van der Waals surface area contributed by atoms with Crippen LogP contribution in [0.1, 0.15) is 27.2 Å². The molecule has 0 unspecified atom stereocenters. The summed E-state index contributed by atoms with van der Waals surface area (Å²) < 4.78 is 0. The Morgan fingerprint density at radius 1 is 1.38 bits per heavy atom. The minimum absolute atomic E-state index is 0.145. The standard InChI is InChI=1S/C12H18N2O2/c1-5-6-10(4)14-11(15)8-13(12(14)16)7-9(2)3/h1,9-10H,6-8H2,2-4H3/t10-/m0/s1. The van der Waals surface area contributed by atoms with Gasteiger partial charge in [-0.15, -0.1) is 12.3 Å². The fraction of sp³-hybridized carbons (Fsp3) is 0.667. The van der Waals surface area contributed by atoms with Crippen molar-refractivity contribution in [3.05, 3.63) is 0 Å². The maximum Gasteiger partial charge on any atom is 0.327 e. The zero-order valence-electron chi connectivity index (χ0n) is 10.1. The topological polar surface area (TPSA) is 40.6 Å². The van der Waals surface area contributed by atoms with Crippen molar-refractivity contribution in [2.24, 2.45) is 5.92 Å². The molecule has 1 saturated heterocycles. The molecular weight excluding hydrogens is 204 g/mol. The second-order valence-electron chi connectivity index (χ2n) is 4.58. The lowest BCUT2D eigenvalue weighted by molar-refractivity contribution is -0.126. The van der Waals surface area contributed by atoms with Crippen LogP contribution >= 0.6 is 0 Å². The summed E-state index contributed by atoms with van der Waals surface area (Å²) >= 11 is 0. The maximum absolute atomic E-state index is 11.9. The summed E-state index contributed by atoms with van der Waals surface area (Å²) in [5.74, 6) is 2.69. The van der Waals surface area contributed by atoms with Crippen LogP contribution in [0.3, 0.4) is 0 Å². The van der Waals surface area contributed by atoms with Gasteiger partial charge >= 0.3 is 6.03 Å². The quantitative estimate of drug-likeness (QED) is 0.531. The van der Waals surface area contributed by atoms with Crippen LogP contribution in [0.4, 0.5) is 4.79 Å². The molecule has 1 fully saturated rings. The lowest BCUT2D eigenvalue weighted by Gasteiger charge is -2.22. The fourth-order valence-electron chi connectivity index (χ4n) is 1.85. The average molecular weight is 222 g/mol. The number of carbonyl (C=O) groups is 2. The molecule has 4 heteroatoms. The number of hydrogen-bond donors (Lipinski definition) is 0. The molecule has 16 heavy (non-hydrogen) atoms. The Morgan fingerprint density at radius 2 is 2.00 bits per heavy atom. The predicted octanol–water partition coefficient (Wildman–Crippen LogP) is 1.32. The molecule has 1 aliphatic rings. The second kappa shape index (κ2) is 5.02. The van der Waals surface area contributed by atoms with Gasteiger partial charge in [0.2, 0.25) is 0 Å². The van der Waals surface area contributed by atoms with Crippen LogP contribution in [0.5, 0.6) is 0 Å². The van der Waals surface area contributed by atoms with Crippen LogP contribution in [-0.2, 0) is 4.79 Å². The van der Waals surface area contributed by atoms with Gasteiger partial charge in [-0.1, -0.05) is 13.8 Å². The Hall–Kier alpha value is -1.50. The molecule has 0 spiro atoms. The van der Waals surface area contributed by atoms with Gasteiger partial charge in [0.25, 0.3) is 5.91 Å². The summed E-state index contributed by atoms with van der Waals surface area (Å²) in [6, 6.07) is -0.413. The Labute approximate surface area is 96.6 Å². The zero-order chi connectivity index (χ0) is 12.3. The molecule has 0 aromatic rings. The lowest BCUT2D eigenvalue weighted by atomic mass is 10.2. The average Bonchev–Trinajstić information content (AvgIpc) is 2.41. The number of amides is 3. The summed E-state index contributed by atoms with van der Waals surface area (Å²) in [4.78, 5) is 26.5. The third-order valence-corrected chi connectivity index (χ3v) is 2.51. The van der Waals surface area contributed by atoms with Gasteiger partial charge in [-0.2, -0.15) is 0 Å². The largest absolute Gasteiger partial charge is 0.327 e. The molecule has 0 radical (unpaired) electrons. The maximum atomic E-state index is 11.9. The van der Waals surface area contributed by atoms with Crippen molar-refractivity contribution in [3.8, 4) is 12.3 Å². The summed E-state index contributed by atoms with van der Waals surface area (Å²) in [5, 5.41) is 0. The van der Waals surface area contributed by atoms with E-state index >= 15 is 0 Å². The molecule has 0 aromatic heterocycles. The van der Waals surface area contributed by atoms with Crippen molar-refractivity contribution >= 4 is 11.9 Å². The van der Waals surface area contributed by atoms with Crippen molar-refractivity contribution in [1.82, 2.24) is 9.80 Å². The molecule has 1 heterocycles. The van der Waals surface area contributed by atoms with Gasteiger partial charge in [0, 0.05) is 19.0 Å². The highest BCUT2D eigenvalue weighted by Gasteiger charge is 2.38. The Kier molecular flexibility index (Phi) is 3.94. The monoisotopic (exact) mass is 222 g/mol. The van der Waals surface area contributed by atoms with E-state index in [-0.39, 0.29) is 24.5 Å². The number of hydrogen-bond acceptors (Lipinski definition) is 2. The number of nitrogens with zero attached hydrogens (tertiary/aromatic N) is 2. The molecule has 0 saturated carbocycles. The Morgan fingerprint density at radius 3 is 2.50 bits per heavy atom. The fourth-order valence-corrected chi connectivity index (χ4v) is 1.85. The van der Waals surface area contributed by atoms with Crippen LogP contribution in [0.15, 0.2) is 0 Å². The lowest BCUT2D eigenvalue weighted by Crippen LogP contribution is -2.40. The third kappa shape index (κ3) is 2.54. The van der Waals surface area contributed by atoms with Crippen molar-refractivity contribution in [1.29, 1.82) is 0 Å².